The van der Waals surface area contributed by atoms with E-state index in [1.807, 2.05) is 0 Å². The highest BCUT2D eigenvalue weighted by Crippen LogP contribution is 2.45. The van der Waals surface area contributed by atoms with Crippen molar-refractivity contribution in [2.24, 2.45) is 28.9 Å². The number of nitrogens with zero attached hydrogens (tertiary/aromatic N) is 1. The number of nitrogens with two attached hydrogens (primary N) is 1. The third kappa shape index (κ3) is 3.52. The van der Waals surface area contributed by atoms with E-state index in [1.165, 1.54) is 38.8 Å². The molecule has 0 radical (unpaired) electrons. The number of hydrogen-bond acceptors (Lipinski definition) is 2. The molecule has 0 aromatic carbocycles. The summed E-state index contributed by atoms with van der Waals surface area (Å²) in [6.07, 6.45) is 5.44. The molecule has 2 heteroatoms. The Morgan fingerprint density at radius 3 is 2.26 bits per heavy atom. The van der Waals surface area contributed by atoms with E-state index in [0.29, 0.717) is 23.4 Å². The first kappa shape index (κ1) is 15.3. The van der Waals surface area contributed by atoms with Gasteiger partial charge in [0.1, 0.15) is 0 Å². The first-order chi connectivity index (χ1) is 8.82. The molecule has 0 heterocycles. The summed E-state index contributed by atoms with van der Waals surface area (Å²) in [5, 5.41) is 0. The van der Waals surface area contributed by atoms with Gasteiger partial charge in [-0.2, -0.15) is 0 Å². The van der Waals surface area contributed by atoms with Crippen LogP contribution in [-0.2, 0) is 0 Å². The number of hydrogen-bond donors (Lipinski definition) is 1. The van der Waals surface area contributed by atoms with Gasteiger partial charge >= 0.3 is 0 Å². The lowest BCUT2D eigenvalue weighted by Crippen LogP contribution is -2.51. The Morgan fingerprint density at radius 1 is 1.11 bits per heavy atom. The SMILES string of the molecule is CC(C)N(CC1CC1)CC1CCC(N)C(C)C1(C)C. The topological polar surface area (TPSA) is 29.3 Å². The lowest BCUT2D eigenvalue weighted by molar-refractivity contribution is 0.0206. The van der Waals surface area contributed by atoms with Crippen LogP contribution in [0.25, 0.3) is 0 Å². The van der Waals surface area contributed by atoms with Crippen molar-refractivity contribution in [2.75, 3.05) is 13.1 Å². The minimum Gasteiger partial charge on any atom is -0.327 e. The van der Waals surface area contributed by atoms with E-state index in [4.69, 9.17) is 5.73 Å². The van der Waals surface area contributed by atoms with Gasteiger partial charge in [-0.3, -0.25) is 0 Å². The summed E-state index contributed by atoms with van der Waals surface area (Å²) in [6, 6.07) is 1.09. The first-order valence-corrected chi connectivity index (χ1v) is 8.32. The fraction of sp³-hybridized carbons (Fsp3) is 1.00. The average Bonchev–Trinajstić information content (AvgIpc) is 3.13. The summed E-state index contributed by atoms with van der Waals surface area (Å²) >= 11 is 0. The van der Waals surface area contributed by atoms with Crippen LogP contribution in [0.2, 0.25) is 0 Å². The van der Waals surface area contributed by atoms with E-state index < -0.39 is 0 Å². The fourth-order valence-corrected chi connectivity index (χ4v) is 3.68. The molecule has 2 N–H and O–H groups in total. The van der Waals surface area contributed by atoms with Gasteiger partial charge in [0.05, 0.1) is 0 Å². The normalized spacial score (nSPS) is 35.1. The Bertz CT molecular complexity index is 294. The van der Waals surface area contributed by atoms with Crippen LogP contribution in [0.5, 0.6) is 0 Å². The molecule has 0 aliphatic heterocycles. The molecule has 2 rings (SSSR count). The Kier molecular flexibility index (Phi) is 4.62. The Hall–Kier alpha value is -0.0800. The lowest BCUT2D eigenvalue weighted by Gasteiger charge is -2.49. The summed E-state index contributed by atoms with van der Waals surface area (Å²) in [5.41, 5.74) is 6.67. The Labute approximate surface area is 120 Å². The zero-order chi connectivity index (χ0) is 14.2. The van der Waals surface area contributed by atoms with E-state index in [9.17, 15) is 0 Å². The van der Waals surface area contributed by atoms with Crippen molar-refractivity contribution in [2.45, 2.75) is 72.4 Å². The van der Waals surface area contributed by atoms with Gasteiger partial charge in [-0.1, -0.05) is 20.8 Å². The molecule has 0 amide bonds. The van der Waals surface area contributed by atoms with Crippen LogP contribution in [0.3, 0.4) is 0 Å². The van der Waals surface area contributed by atoms with Crippen LogP contribution >= 0.6 is 0 Å². The summed E-state index contributed by atoms with van der Waals surface area (Å²) in [7, 11) is 0. The largest absolute Gasteiger partial charge is 0.327 e. The monoisotopic (exact) mass is 266 g/mol. The average molecular weight is 266 g/mol. The fourth-order valence-electron chi connectivity index (χ4n) is 3.68. The van der Waals surface area contributed by atoms with E-state index >= 15 is 0 Å². The minimum absolute atomic E-state index is 0.383. The van der Waals surface area contributed by atoms with Gasteiger partial charge in [0, 0.05) is 25.2 Å². The highest BCUT2D eigenvalue weighted by Gasteiger charge is 2.42. The van der Waals surface area contributed by atoms with Crippen molar-refractivity contribution >= 4 is 0 Å². The maximum atomic E-state index is 6.28. The third-order valence-corrected chi connectivity index (χ3v) is 6.09. The summed E-state index contributed by atoms with van der Waals surface area (Å²) in [5.74, 6) is 2.44. The quantitative estimate of drug-likeness (QED) is 0.825. The van der Waals surface area contributed by atoms with Crippen molar-refractivity contribution in [1.29, 1.82) is 0 Å². The first-order valence-electron chi connectivity index (χ1n) is 8.32. The summed E-state index contributed by atoms with van der Waals surface area (Å²) < 4.78 is 0. The van der Waals surface area contributed by atoms with Crippen molar-refractivity contribution < 1.29 is 0 Å². The van der Waals surface area contributed by atoms with Crippen molar-refractivity contribution in [3.63, 3.8) is 0 Å². The highest BCUT2D eigenvalue weighted by atomic mass is 15.2. The molecule has 2 fully saturated rings. The smallest absolute Gasteiger partial charge is 0.00698 e. The molecule has 19 heavy (non-hydrogen) atoms. The summed E-state index contributed by atoms with van der Waals surface area (Å²) in [4.78, 5) is 2.73. The van der Waals surface area contributed by atoms with Gasteiger partial charge in [0.25, 0.3) is 0 Å². The van der Waals surface area contributed by atoms with E-state index in [-0.39, 0.29) is 0 Å². The van der Waals surface area contributed by atoms with E-state index in [2.05, 4.69) is 39.5 Å². The maximum Gasteiger partial charge on any atom is 0.00698 e. The molecule has 0 aromatic rings. The van der Waals surface area contributed by atoms with Crippen molar-refractivity contribution in [3.05, 3.63) is 0 Å². The predicted octanol–water partition coefficient (Wildman–Crippen LogP) is 3.51. The van der Waals surface area contributed by atoms with Gasteiger partial charge in [-0.15, -0.1) is 0 Å². The molecule has 2 aliphatic carbocycles. The zero-order valence-electron chi connectivity index (χ0n) is 13.7. The van der Waals surface area contributed by atoms with E-state index in [1.54, 1.807) is 0 Å². The Morgan fingerprint density at radius 2 is 1.74 bits per heavy atom. The van der Waals surface area contributed by atoms with Gasteiger partial charge in [0.2, 0.25) is 0 Å². The minimum atomic E-state index is 0.383. The third-order valence-electron chi connectivity index (χ3n) is 6.09. The van der Waals surface area contributed by atoms with Crippen LogP contribution in [-0.4, -0.2) is 30.1 Å². The van der Waals surface area contributed by atoms with Crippen molar-refractivity contribution in [3.8, 4) is 0 Å². The molecule has 0 saturated heterocycles. The standard InChI is InChI=1S/C17H34N2/c1-12(2)19(10-14-6-7-14)11-15-8-9-16(18)13(3)17(15,4)5/h12-16H,6-11,18H2,1-5H3. The molecule has 0 bridgehead atoms. The molecule has 0 spiro atoms. The lowest BCUT2D eigenvalue weighted by atomic mass is 9.61. The molecule has 112 valence electrons. The summed E-state index contributed by atoms with van der Waals surface area (Å²) in [6.45, 7) is 14.6. The maximum absolute atomic E-state index is 6.28. The molecule has 3 atom stereocenters. The van der Waals surface area contributed by atoms with E-state index in [0.717, 1.165) is 11.8 Å². The highest BCUT2D eigenvalue weighted by molar-refractivity contribution is 4.95. The van der Waals surface area contributed by atoms with Crippen molar-refractivity contribution in [1.82, 2.24) is 4.90 Å². The zero-order valence-corrected chi connectivity index (χ0v) is 13.7. The Balaban J connectivity index is 1.98. The molecule has 2 aliphatic rings. The molecule has 2 nitrogen and oxygen atoms in total. The second kappa shape index (κ2) is 5.73. The van der Waals surface area contributed by atoms with Gasteiger partial charge < -0.3 is 10.6 Å². The predicted molar refractivity (Wildman–Crippen MR) is 83.1 cm³/mol. The van der Waals surface area contributed by atoms with Gasteiger partial charge in [-0.05, 0) is 62.7 Å². The second-order valence-electron chi connectivity index (χ2n) is 8.04. The molecule has 2 saturated carbocycles. The molecule has 3 unspecified atom stereocenters. The second-order valence-corrected chi connectivity index (χ2v) is 8.04. The number of rotatable bonds is 5. The van der Waals surface area contributed by atoms with Crippen LogP contribution in [0.4, 0.5) is 0 Å². The van der Waals surface area contributed by atoms with Gasteiger partial charge in [0.15, 0.2) is 0 Å². The van der Waals surface area contributed by atoms with Crippen LogP contribution in [0.1, 0.15) is 60.3 Å². The van der Waals surface area contributed by atoms with Gasteiger partial charge in [-0.25, -0.2) is 0 Å². The molecular weight excluding hydrogens is 232 g/mol. The van der Waals surface area contributed by atoms with Crippen LogP contribution in [0.15, 0.2) is 0 Å². The van der Waals surface area contributed by atoms with Crippen LogP contribution in [0, 0.1) is 23.2 Å². The van der Waals surface area contributed by atoms with Crippen LogP contribution < -0.4 is 5.73 Å². The molecular formula is C17H34N2. The molecule has 0 aromatic heterocycles.